The Bertz CT molecular complexity index is 141. The van der Waals surface area contributed by atoms with Crippen molar-refractivity contribution in [2.45, 2.75) is 72.9 Å². The van der Waals surface area contributed by atoms with E-state index in [1.165, 1.54) is 19.3 Å². The zero-order chi connectivity index (χ0) is 11.2. The SMILES string of the molecule is CCC(C)(C)CCC(C)NNC(C)C. The number of hydrogen-bond acceptors (Lipinski definition) is 2. The van der Waals surface area contributed by atoms with Crippen molar-refractivity contribution >= 4 is 0 Å². The fourth-order valence-corrected chi connectivity index (χ4v) is 1.17. The van der Waals surface area contributed by atoms with E-state index in [0.29, 0.717) is 17.5 Å². The van der Waals surface area contributed by atoms with Gasteiger partial charge in [-0.2, -0.15) is 0 Å². The van der Waals surface area contributed by atoms with Gasteiger partial charge >= 0.3 is 0 Å². The Labute approximate surface area is 89.8 Å². The zero-order valence-corrected chi connectivity index (χ0v) is 10.8. The van der Waals surface area contributed by atoms with Gasteiger partial charge in [0.25, 0.3) is 0 Å². The predicted molar refractivity (Wildman–Crippen MR) is 64.2 cm³/mol. The van der Waals surface area contributed by atoms with E-state index in [1.54, 1.807) is 0 Å². The van der Waals surface area contributed by atoms with Crippen LogP contribution >= 0.6 is 0 Å². The Morgan fingerprint density at radius 1 is 1.07 bits per heavy atom. The predicted octanol–water partition coefficient (Wildman–Crippen LogP) is 3.09. The third-order valence-corrected chi connectivity index (χ3v) is 2.83. The molecular weight excluding hydrogens is 172 g/mol. The minimum atomic E-state index is 0.494. The molecule has 0 aliphatic heterocycles. The highest BCUT2D eigenvalue weighted by Crippen LogP contribution is 2.26. The van der Waals surface area contributed by atoms with Crippen molar-refractivity contribution in [3.8, 4) is 0 Å². The molecule has 0 saturated carbocycles. The van der Waals surface area contributed by atoms with Crippen molar-refractivity contribution in [2.24, 2.45) is 5.41 Å². The van der Waals surface area contributed by atoms with Crippen LogP contribution in [0, 0.1) is 5.41 Å². The number of nitrogens with one attached hydrogen (secondary N) is 2. The van der Waals surface area contributed by atoms with Crippen molar-refractivity contribution in [1.82, 2.24) is 10.9 Å². The maximum absolute atomic E-state index is 3.33. The van der Waals surface area contributed by atoms with Gasteiger partial charge in [-0.25, -0.2) is 0 Å². The maximum Gasteiger partial charge on any atom is 0.0184 e. The van der Waals surface area contributed by atoms with Crippen LogP contribution in [0.15, 0.2) is 0 Å². The molecule has 0 aromatic rings. The van der Waals surface area contributed by atoms with Crippen LogP contribution in [0.5, 0.6) is 0 Å². The highest BCUT2D eigenvalue weighted by Gasteiger charge is 2.16. The maximum atomic E-state index is 3.33. The average molecular weight is 200 g/mol. The fourth-order valence-electron chi connectivity index (χ4n) is 1.17. The van der Waals surface area contributed by atoms with E-state index >= 15 is 0 Å². The fraction of sp³-hybridized carbons (Fsp3) is 1.00. The van der Waals surface area contributed by atoms with Gasteiger partial charge in [0.05, 0.1) is 0 Å². The summed E-state index contributed by atoms with van der Waals surface area (Å²) < 4.78 is 0. The van der Waals surface area contributed by atoms with E-state index in [0.717, 1.165) is 0 Å². The molecule has 0 spiro atoms. The topological polar surface area (TPSA) is 24.1 Å². The molecule has 0 aliphatic rings. The Morgan fingerprint density at radius 3 is 2.07 bits per heavy atom. The molecule has 0 aliphatic carbocycles. The number of hydrazine groups is 1. The molecular formula is C12H28N2. The summed E-state index contributed by atoms with van der Waals surface area (Å²) in [5, 5.41) is 0. The van der Waals surface area contributed by atoms with Gasteiger partial charge in [-0.3, -0.25) is 10.9 Å². The molecule has 1 unspecified atom stereocenters. The Morgan fingerprint density at radius 2 is 1.64 bits per heavy atom. The van der Waals surface area contributed by atoms with Crippen molar-refractivity contribution in [1.29, 1.82) is 0 Å². The first kappa shape index (κ1) is 13.9. The first-order valence-corrected chi connectivity index (χ1v) is 5.88. The van der Waals surface area contributed by atoms with Crippen LogP contribution in [-0.4, -0.2) is 12.1 Å². The summed E-state index contributed by atoms with van der Waals surface area (Å²) in [6.07, 6.45) is 3.79. The van der Waals surface area contributed by atoms with Gasteiger partial charge in [-0.1, -0.05) is 27.2 Å². The van der Waals surface area contributed by atoms with Crippen LogP contribution in [0.1, 0.15) is 60.8 Å². The smallest absolute Gasteiger partial charge is 0.0184 e. The second-order valence-electron chi connectivity index (χ2n) is 5.40. The van der Waals surface area contributed by atoms with Gasteiger partial charge in [0.2, 0.25) is 0 Å². The summed E-state index contributed by atoms with van der Waals surface area (Å²) in [5.41, 5.74) is 7.07. The van der Waals surface area contributed by atoms with Crippen molar-refractivity contribution in [3.05, 3.63) is 0 Å². The minimum Gasteiger partial charge on any atom is -0.255 e. The standard InChI is InChI=1S/C12H28N2/c1-7-12(5,6)9-8-11(4)14-13-10(2)3/h10-11,13-14H,7-9H2,1-6H3. The lowest BCUT2D eigenvalue weighted by Gasteiger charge is -2.25. The molecule has 14 heavy (non-hydrogen) atoms. The van der Waals surface area contributed by atoms with E-state index in [4.69, 9.17) is 0 Å². The lowest BCUT2D eigenvalue weighted by Crippen LogP contribution is -2.43. The molecule has 86 valence electrons. The highest BCUT2D eigenvalue weighted by atomic mass is 15.4. The molecule has 0 saturated heterocycles. The minimum absolute atomic E-state index is 0.494. The molecule has 0 rings (SSSR count). The van der Waals surface area contributed by atoms with Crippen molar-refractivity contribution in [3.63, 3.8) is 0 Å². The third kappa shape index (κ3) is 7.34. The Kier molecular flexibility index (Phi) is 6.38. The second kappa shape index (κ2) is 6.41. The largest absolute Gasteiger partial charge is 0.255 e. The molecule has 0 aromatic heterocycles. The zero-order valence-electron chi connectivity index (χ0n) is 10.8. The van der Waals surface area contributed by atoms with Gasteiger partial charge < -0.3 is 0 Å². The first-order valence-electron chi connectivity index (χ1n) is 5.88. The molecule has 2 nitrogen and oxygen atoms in total. The van der Waals surface area contributed by atoms with Gasteiger partial charge in [0, 0.05) is 12.1 Å². The van der Waals surface area contributed by atoms with E-state index in [-0.39, 0.29) is 0 Å². The van der Waals surface area contributed by atoms with Gasteiger partial charge in [-0.05, 0) is 39.0 Å². The molecule has 0 aromatic carbocycles. The molecule has 1 atom stereocenters. The van der Waals surface area contributed by atoms with Crippen LogP contribution in [0.25, 0.3) is 0 Å². The van der Waals surface area contributed by atoms with Crippen molar-refractivity contribution in [2.75, 3.05) is 0 Å². The molecule has 0 bridgehead atoms. The van der Waals surface area contributed by atoms with E-state index < -0.39 is 0 Å². The molecule has 0 fully saturated rings. The summed E-state index contributed by atoms with van der Waals surface area (Å²) in [7, 11) is 0. The lowest BCUT2D eigenvalue weighted by molar-refractivity contribution is 0.282. The Hall–Kier alpha value is -0.0800. The van der Waals surface area contributed by atoms with E-state index in [9.17, 15) is 0 Å². The monoisotopic (exact) mass is 200 g/mol. The van der Waals surface area contributed by atoms with Crippen LogP contribution in [0.3, 0.4) is 0 Å². The van der Waals surface area contributed by atoms with Crippen LogP contribution in [0.2, 0.25) is 0 Å². The van der Waals surface area contributed by atoms with Crippen molar-refractivity contribution < 1.29 is 0 Å². The van der Waals surface area contributed by atoms with Crippen LogP contribution in [-0.2, 0) is 0 Å². The summed E-state index contributed by atoms with van der Waals surface area (Å²) in [6.45, 7) is 13.5. The molecule has 0 radical (unpaired) electrons. The van der Waals surface area contributed by atoms with Crippen LogP contribution in [0.4, 0.5) is 0 Å². The third-order valence-electron chi connectivity index (χ3n) is 2.83. The quantitative estimate of drug-likeness (QED) is 0.617. The highest BCUT2D eigenvalue weighted by molar-refractivity contribution is 4.70. The molecule has 0 heterocycles. The number of rotatable bonds is 7. The van der Waals surface area contributed by atoms with Gasteiger partial charge in [0.15, 0.2) is 0 Å². The summed E-state index contributed by atoms with van der Waals surface area (Å²) in [4.78, 5) is 0. The lowest BCUT2D eigenvalue weighted by atomic mass is 9.84. The average Bonchev–Trinajstić information content (AvgIpc) is 2.11. The first-order chi connectivity index (χ1) is 6.37. The van der Waals surface area contributed by atoms with Gasteiger partial charge in [0.1, 0.15) is 0 Å². The Balaban J connectivity index is 3.58. The summed E-state index contributed by atoms with van der Waals surface area (Å²) in [5.74, 6) is 0. The summed E-state index contributed by atoms with van der Waals surface area (Å²) >= 11 is 0. The van der Waals surface area contributed by atoms with Crippen LogP contribution < -0.4 is 10.9 Å². The normalized spacial score (nSPS) is 14.8. The van der Waals surface area contributed by atoms with E-state index in [1.807, 2.05) is 0 Å². The van der Waals surface area contributed by atoms with E-state index in [2.05, 4.69) is 52.4 Å². The molecule has 2 N–H and O–H groups in total. The molecule has 2 heteroatoms. The summed E-state index contributed by atoms with van der Waals surface area (Å²) in [6, 6.07) is 1.07. The second-order valence-corrected chi connectivity index (χ2v) is 5.40. The number of hydrogen-bond donors (Lipinski definition) is 2. The molecule has 0 amide bonds. The van der Waals surface area contributed by atoms with Gasteiger partial charge in [-0.15, -0.1) is 0 Å².